The van der Waals surface area contributed by atoms with Gasteiger partial charge in [-0.1, -0.05) is 6.07 Å². The van der Waals surface area contributed by atoms with Crippen molar-refractivity contribution in [3.05, 3.63) is 72.1 Å². The Balaban J connectivity index is 1.81. The molecule has 0 spiro atoms. The average molecular weight is 369 g/mol. The molecule has 1 heterocycles. The van der Waals surface area contributed by atoms with E-state index in [9.17, 15) is 9.18 Å². The summed E-state index contributed by atoms with van der Waals surface area (Å²) < 4.78 is 25.3. The van der Waals surface area contributed by atoms with Crippen LogP contribution in [0.15, 0.2) is 55.0 Å². The minimum absolute atomic E-state index is 0.202. The van der Waals surface area contributed by atoms with E-state index in [1.165, 1.54) is 24.7 Å². The SMILES string of the molecule is COc1ccc(CN(C)C(=O)c2cncn2-c2ccc(F)cc2)cc1OC. The standard InChI is InChI=1S/C20H20FN3O3/c1-23(12-14-4-9-18(26-2)19(10-14)27-3)20(25)17-11-22-13-24(17)16-7-5-15(21)6-8-16/h4-11,13H,12H2,1-3H3. The van der Waals surface area contributed by atoms with E-state index in [0.717, 1.165) is 5.56 Å². The summed E-state index contributed by atoms with van der Waals surface area (Å²) >= 11 is 0. The Morgan fingerprint density at radius 1 is 1.11 bits per heavy atom. The van der Waals surface area contributed by atoms with Gasteiger partial charge in [0.2, 0.25) is 0 Å². The lowest BCUT2D eigenvalue weighted by molar-refractivity contribution is 0.0777. The van der Waals surface area contributed by atoms with Crippen molar-refractivity contribution in [2.45, 2.75) is 6.54 Å². The number of carbonyl (C=O) groups is 1. The third kappa shape index (κ3) is 3.92. The normalized spacial score (nSPS) is 10.5. The number of aromatic nitrogens is 2. The van der Waals surface area contributed by atoms with Gasteiger partial charge in [-0.25, -0.2) is 9.37 Å². The molecule has 0 unspecified atom stereocenters. The van der Waals surface area contributed by atoms with Gasteiger partial charge in [0.05, 0.1) is 26.7 Å². The number of carbonyl (C=O) groups excluding carboxylic acids is 1. The summed E-state index contributed by atoms with van der Waals surface area (Å²) in [6.45, 7) is 0.383. The van der Waals surface area contributed by atoms with Crippen molar-refractivity contribution >= 4 is 5.91 Å². The number of rotatable bonds is 6. The van der Waals surface area contributed by atoms with E-state index in [2.05, 4.69) is 4.98 Å². The molecule has 3 rings (SSSR count). The molecule has 3 aromatic rings. The summed E-state index contributed by atoms with van der Waals surface area (Å²) in [5.74, 6) is 0.695. The lowest BCUT2D eigenvalue weighted by Crippen LogP contribution is -2.28. The molecule has 1 amide bonds. The Kier molecular flexibility index (Phi) is 5.40. The molecule has 0 aliphatic heterocycles. The quantitative estimate of drug-likeness (QED) is 0.669. The molecule has 1 aromatic heterocycles. The number of halogens is 1. The lowest BCUT2D eigenvalue weighted by Gasteiger charge is -2.19. The molecule has 140 valence electrons. The van der Waals surface area contributed by atoms with E-state index in [1.807, 2.05) is 12.1 Å². The van der Waals surface area contributed by atoms with Crippen LogP contribution >= 0.6 is 0 Å². The molecule has 0 radical (unpaired) electrons. The molecule has 0 fully saturated rings. The Morgan fingerprint density at radius 2 is 1.81 bits per heavy atom. The number of nitrogens with zero attached hydrogens (tertiary/aromatic N) is 3. The molecule has 0 N–H and O–H groups in total. The second-order valence-corrected chi connectivity index (χ2v) is 5.98. The number of ether oxygens (including phenoxy) is 2. The van der Waals surface area contributed by atoms with Crippen LogP contribution in [0.2, 0.25) is 0 Å². The summed E-state index contributed by atoms with van der Waals surface area (Å²) in [7, 11) is 4.85. The molecule has 6 nitrogen and oxygen atoms in total. The highest BCUT2D eigenvalue weighted by atomic mass is 19.1. The molecule has 0 aliphatic rings. The van der Waals surface area contributed by atoms with Crippen LogP contribution in [0, 0.1) is 5.82 Å². The number of methoxy groups -OCH3 is 2. The van der Waals surface area contributed by atoms with Gasteiger partial charge in [0, 0.05) is 19.3 Å². The van der Waals surface area contributed by atoms with Crippen LogP contribution in [-0.4, -0.2) is 41.6 Å². The first kappa shape index (κ1) is 18.4. The highest BCUT2D eigenvalue weighted by Gasteiger charge is 2.18. The molecular formula is C20H20FN3O3. The van der Waals surface area contributed by atoms with Crippen LogP contribution in [0.25, 0.3) is 5.69 Å². The molecule has 0 atom stereocenters. The summed E-state index contributed by atoms with van der Waals surface area (Å²) in [6, 6.07) is 11.4. The second kappa shape index (κ2) is 7.90. The van der Waals surface area contributed by atoms with Gasteiger partial charge in [0.15, 0.2) is 11.5 Å². The Labute approximate surface area is 156 Å². The highest BCUT2D eigenvalue weighted by Crippen LogP contribution is 2.28. The molecule has 7 heteroatoms. The van der Waals surface area contributed by atoms with E-state index in [0.29, 0.717) is 29.4 Å². The fourth-order valence-electron chi connectivity index (χ4n) is 2.78. The van der Waals surface area contributed by atoms with Crippen molar-refractivity contribution in [3.8, 4) is 17.2 Å². The first-order chi connectivity index (χ1) is 13.0. The van der Waals surface area contributed by atoms with E-state index in [-0.39, 0.29) is 11.7 Å². The van der Waals surface area contributed by atoms with Gasteiger partial charge in [-0.15, -0.1) is 0 Å². The predicted octanol–water partition coefficient (Wildman–Crippen LogP) is 3.30. The fraction of sp³-hybridized carbons (Fsp3) is 0.200. The van der Waals surface area contributed by atoms with Gasteiger partial charge in [-0.2, -0.15) is 0 Å². The van der Waals surface area contributed by atoms with Crippen molar-refractivity contribution in [1.82, 2.24) is 14.5 Å². The summed E-state index contributed by atoms with van der Waals surface area (Å²) in [5, 5.41) is 0. The van der Waals surface area contributed by atoms with Crippen LogP contribution in [-0.2, 0) is 6.54 Å². The van der Waals surface area contributed by atoms with Crippen molar-refractivity contribution in [1.29, 1.82) is 0 Å². The van der Waals surface area contributed by atoms with E-state index in [4.69, 9.17) is 9.47 Å². The van der Waals surface area contributed by atoms with Crippen molar-refractivity contribution < 1.29 is 18.7 Å². The zero-order valence-corrected chi connectivity index (χ0v) is 15.3. The van der Waals surface area contributed by atoms with Crippen LogP contribution in [0.1, 0.15) is 16.1 Å². The fourth-order valence-corrected chi connectivity index (χ4v) is 2.78. The average Bonchev–Trinajstić information content (AvgIpc) is 3.17. The minimum atomic E-state index is -0.336. The maximum Gasteiger partial charge on any atom is 0.272 e. The zero-order chi connectivity index (χ0) is 19.4. The molecule has 0 saturated heterocycles. The van der Waals surface area contributed by atoms with Crippen LogP contribution in [0.4, 0.5) is 4.39 Å². The maximum atomic E-state index is 13.2. The zero-order valence-electron chi connectivity index (χ0n) is 15.3. The maximum absolute atomic E-state index is 13.2. The topological polar surface area (TPSA) is 56.6 Å². The van der Waals surface area contributed by atoms with Gasteiger partial charge < -0.3 is 14.4 Å². The molecule has 0 aliphatic carbocycles. The number of hydrogen-bond acceptors (Lipinski definition) is 4. The number of benzene rings is 2. The molecular weight excluding hydrogens is 349 g/mol. The third-order valence-corrected chi connectivity index (χ3v) is 4.18. The predicted molar refractivity (Wildman–Crippen MR) is 98.9 cm³/mol. The van der Waals surface area contributed by atoms with Crippen LogP contribution in [0.3, 0.4) is 0 Å². The smallest absolute Gasteiger partial charge is 0.272 e. The van der Waals surface area contributed by atoms with E-state index >= 15 is 0 Å². The number of hydrogen-bond donors (Lipinski definition) is 0. The summed E-state index contributed by atoms with van der Waals surface area (Å²) in [4.78, 5) is 18.5. The van der Waals surface area contributed by atoms with Gasteiger partial charge >= 0.3 is 0 Å². The van der Waals surface area contributed by atoms with Gasteiger partial charge in [-0.05, 0) is 42.0 Å². The molecule has 27 heavy (non-hydrogen) atoms. The van der Waals surface area contributed by atoms with Crippen molar-refractivity contribution in [2.75, 3.05) is 21.3 Å². The largest absolute Gasteiger partial charge is 0.493 e. The van der Waals surface area contributed by atoms with Gasteiger partial charge in [0.1, 0.15) is 11.5 Å². The van der Waals surface area contributed by atoms with Gasteiger partial charge in [-0.3, -0.25) is 9.36 Å². The van der Waals surface area contributed by atoms with Crippen molar-refractivity contribution in [3.63, 3.8) is 0 Å². The number of amides is 1. The summed E-state index contributed by atoms with van der Waals surface area (Å²) in [6.07, 6.45) is 3.03. The highest BCUT2D eigenvalue weighted by molar-refractivity contribution is 5.92. The number of imidazole rings is 1. The van der Waals surface area contributed by atoms with E-state index in [1.54, 1.807) is 48.9 Å². The molecule has 2 aromatic carbocycles. The minimum Gasteiger partial charge on any atom is -0.493 e. The third-order valence-electron chi connectivity index (χ3n) is 4.18. The van der Waals surface area contributed by atoms with E-state index < -0.39 is 0 Å². The van der Waals surface area contributed by atoms with Crippen LogP contribution < -0.4 is 9.47 Å². The lowest BCUT2D eigenvalue weighted by atomic mass is 10.2. The molecule has 0 bridgehead atoms. The Bertz CT molecular complexity index is 938. The van der Waals surface area contributed by atoms with Gasteiger partial charge in [0.25, 0.3) is 5.91 Å². The molecule has 0 saturated carbocycles. The van der Waals surface area contributed by atoms with Crippen LogP contribution in [0.5, 0.6) is 11.5 Å². The van der Waals surface area contributed by atoms with Crippen molar-refractivity contribution in [2.24, 2.45) is 0 Å². The first-order valence-corrected chi connectivity index (χ1v) is 8.28. The Hall–Kier alpha value is -3.35. The summed E-state index contributed by atoms with van der Waals surface area (Å²) in [5.41, 5.74) is 1.96. The first-order valence-electron chi connectivity index (χ1n) is 8.28. The monoisotopic (exact) mass is 369 g/mol. The second-order valence-electron chi connectivity index (χ2n) is 5.98. The Morgan fingerprint density at radius 3 is 2.48 bits per heavy atom.